The molecular weight excluding hydrogens is 208 g/mol. The zero-order chi connectivity index (χ0) is 12.7. The number of rotatable bonds is 7. The molecule has 1 aromatic carbocycles. The van der Waals surface area contributed by atoms with E-state index >= 15 is 0 Å². The molecule has 0 saturated carbocycles. The zero-order valence-electron chi connectivity index (χ0n) is 11.7. The summed E-state index contributed by atoms with van der Waals surface area (Å²) in [5, 5.41) is 3.20. The second-order valence-corrected chi connectivity index (χ2v) is 5.00. The topological polar surface area (TPSA) is 15.3 Å². The quantitative estimate of drug-likeness (QED) is 0.730. The van der Waals surface area contributed by atoms with Crippen molar-refractivity contribution in [2.45, 2.75) is 39.3 Å². The highest BCUT2D eigenvalue weighted by Gasteiger charge is 2.08. The number of aryl methyl sites for hydroxylation is 1. The van der Waals surface area contributed by atoms with Crippen LogP contribution in [0.4, 0.5) is 0 Å². The van der Waals surface area contributed by atoms with E-state index in [-0.39, 0.29) is 0 Å². The van der Waals surface area contributed by atoms with Gasteiger partial charge in [-0.2, -0.15) is 0 Å². The van der Waals surface area contributed by atoms with Crippen molar-refractivity contribution in [3.8, 4) is 0 Å². The number of hydrogen-bond acceptors (Lipinski definition) is 2. The molecule has 1 N–H and O–H groups in total. The van der Waals surface area contributed by atoms with Gasteiger partial charge < -0.3 is 5.32 Å². The van der Waals surface area contributed by atoms with Gasteiger partial charge in [0.25, 0.3) is 0 Å². The van der Waals surface area contributed by atoms with Gasteiger partial charge in [0.2, 0.25) is 0 Å². The lowest BCUT2D eigenvalue weighted by Crippen LogP contribution is -2.29. The van der Waals surface area contributed by atoms with Gasteiger partial charge in [-0.3, -0.25) is 4.90 Å². The summed E-state index contributed by atoms with van der Waals surface area (Å²) in [6.45, 7) is 6.60. The normalized spacial score (nSPS) is 13.0. The Morgan fingerprint density at radius 2 is 1.88 bits per heavy atom. The summed E-state index contributed by atoms with van der Waals surface area (Å²) < 4.78 is 0. The number of nitrogens with zero attached hydrogens (tertiary/aromatic N) is 1. The molecule has 0 fully saturated rings. The van der Waals surface area contributed by atoms with E-state index in [1.54, 1.807) is 0 Å². The SMILES string of the molecule is CNCCCC(C)N(C)Cc1ccc(C)cc1. The molecule has 0 spiro atoms. The third-order valence-corrected chi connectivity index (χ3v) is 3.35. The highest BCUT2D eigenvalue weighted by molar-refractivity contribution is 5.21. The van der Waals surface area contributed by atoms with Gasteiger partial charge in [-0.15, -0.1) is 0 Å². The molecule has 0 heterocycles. The summed E-state index contributed by atoms with van der Waals surface area (Å²) in [5.41, 5.74) is 2.73. The zero-order valence-corrected chi connectivity index (χ0v) is 11.7. The number of benzene rings is 1. The van der Waals surface area contributed by atoms with E-state index in [2.05, 4.69) is 55.4 Å². The fourth-order valence-electron chi connectivity index (χ4n) is 1.93. The first-order valence-electron chi connectivity index (χ1n) is 6.54. The van der Waals surface area contributed by atoms with Crippen LogP contribution in [0.3, 0.4) is 0 Å². The van der Waals surface area contributed by atoms with Gasteiger partial charge >= 0.3 is 0 Å². The van der Waals surface area contributed by atoms with Crippen LogP contribution in [0.2, 0.25) is 0 Å². The monoisotopic (exact) mass is 234 g/mol. The molecule has 1 unspecified atom stereocenters. The minimum atomic E-state index is 0.643. The van der Waals surface area contributed by atoms with Crippen LogP contribution in [0, 0.1) is 6.92 Å². The Balaban J connectivity index is 2.37. The Labute approximate surface area is 106 Å². The Morgan fingerprint density at radius 3 is 2.47 bits per heavy atom. The van der Waals surface area contributed by atoms with Crippen LogP contribution < -0.4 is 5.32 Å². The van der Waals surface area contributed by atoms with Crippen molar-refractivity contribution in [3.63, 3.8) is 0 Å². The standard InChI is InChI=1S/C15H26N2/c1-13-7-9-15(10-8-13)12-17(4)14(2)6-5-11-16-3/h7-10,14,16H,5-6,11-12H2,1-4H3. The summed E-state index contributed by atoms with van der Waals surface area (Å²) in [6, 6.07) is 9.48. The average molecular weight is 234 g/mol. The van der Waals surface area contributed by atoms with Crippen LogP contribution in [0.5, 0.6) is 0 Å². The number of nitrogens with one attached hydrogen (secondary N) is 1. The summed E-state index contributed by atoms with van der Waals surface area (Å²) in [4.78, 5) is 2.43. The highest BCUT2D eigenvalue weighted by Crippen LogP contribution is 2.10. The van der Waals surface area contributed by atoms with E-state index in [4.69, 9.17) is 0 Å². The lowest BCUT2D eigenvalue weighted by atomic mass is 10.1. The largest absolute Gasteiger partial charge is 0.320 e. The van der Waals surface area contributed by atoms with Crippen LogP contribution >= 0.6 is 0 Å². The van der Waals surface area contributed by atoms with Crippen molar-refractivity contribution in [1.29, 1.82) is 0 Å². The second kappa shape index (κ2) is 7.46. The smallest absolute Gasteiger partial charge is 0.0233 e. The maximum Gasteiger partial charge on any atom is 0.0233 e. The summed E-state index contributed by atoms with van der Waals surface area (Å²) in [6.07, 6.45) is 2.50. The maximum atomic E-state index is 3.20. The first kappa shape index (κ1) is 14.2. The molecule has 0 amide bonds. The van der Waals surface area contributed by atoms with Crippen LogP contribution in [0.25, 0.3) is 0 Å². The van der Waals surface area contributed by atoms with Crippen molar-refractivity contribution in [2.24, 2.45) is 0 Å². The molecule has 0 aliphatic rings. The summed E-state index contributed by atoms with van der Waals surface area (Å²) in [7, 11) is 4.23. The molecule has 1 aromatic rings. The first-order valence-corrected chi connectivity index (χ1v) is 6.54. The Bertz CT molecular complexity index is 305. The minimum absolute atomic E-state index is 0.643. The molecule has 17 heavy (non-hydrogen) atoms. The second-order valence-electron chi connectivity index (χ2n) is 5.00. The predicted octanol–water partition coefficient (Wildman–Crippen LogP) is 2.81. The highest BCUT2D eigenvalue weighted by atomic mass is 15.1. The van der Waals surface area contributed by atoms with Crippen LogP contribution in [0.1, 0.15) is 30.9 Å². The minimum Gasteiger partial charge on any atom is -0.320 e. The molecule has 2 heteroatoms. The fraction of sp³-hybridized carbons (Fsp3) is 0.600. The Morgan fingerprint density at radius 1 is 1.24 bits per heavy atom. The average Bonchev–Trinajstić information content (AvgIpc) is 2.32. The maximum absolute atomic E-state index is 3.20. The summed E-state index contributed by atoms with van der Waals surface area (Å²) in [5.74, 6) is 0. The molecule has 0 radical (unpaired) electrons. The van der Waals surface area contributed by atoms with E-state index in [0.29, 0.717) is 6.04 Å². The molecule has 0 aromatic heterocycles. The van der Waals surface area contributed by atoms with Gasteiger partial charge in [-0.05, 0) is 52.9 Å². The van der Waals surface area contributed by atoms with Crippen molar-refractivity contribution in [3.05, 3.63) is 35.4 Å². The Hall–Kier alpha value is -0.860. The molecule has 1 rings (SSSR count). The first-order chi connectivity index (χ1) is 8.13. The van der Waals surface area contributed by atoms with E-state index in [9.17, 15) is 0 Å². The van der Waals surface area contributed by atoms with Gasteiger partial charge in [-0.25, -0.2) is 0 Å². The summed E-state index contributed by atoms with van der Waals surface area (Å²) >= 11 is 0. The van der Waals surface area contributed by atoms with Crippen molar-refractivity contribution < 1.29 is 0 Å². The third kappa shape index (κ3) is 5.33. The Kier molecular flexibility index (Phi) is 6.23. The molecule has 1 atom stereocenters. The lowest BCUT2D eigenvalue weighted by molar-refractivity contribution is 0.235. The van der Waals surface area contributed by atoms with Crippen LogP contribution in [-0.4, -0.2) is 31.6 Å². The van der Waals surface area contributed by atoms with E-state index in [1.165, 1.54) is 24.0 Å². The number of hydrogen-bond donors (Lipinski definition) is 1. The van der Waals surface area contributed by atoms with Gasteiger partial charge in [0, 0.05) is 12.6 Å². The molecule has 96 valence electrons. The molecule has 0 bridgehead atoms. The molecule has 0 saturated heterocycles. The molecule has 2 nitrogen and oxygen atoms in total. The van der Waals surface area contributed by atoms with Crippen LogP contribution in [0.15, 0.2) is 24.3 Å². The third-order valence-electron chi connectivity index (χ3n) is 3.35. The molecule has 0 aliphatic heterocycles. The van der Waals surface area contributed by atoms with Crippen LogP contribution in [-0.2, 0) is 6.54 Å². The molecular formula is C15H26N2. The van der Waals surface area contributed by atoms with E-state index in [1.807, 2.05) is 7.05 Å². The van der Waals surface area contributed by atoms with Gasteiger partial charge in [0.1, 0.15) is 0 Å². The van der Waals surface area contributed by atoms with Crippen molar-refractivity contribution in [2.75, 3.05) is 20.6 Å². The fourth-order valence-corrected chi connectivity index (χ4v) is 1.93. The van der Waals surface area contributed by atoms with Gasteiger partial charge in [0.15, 0.2) is 0 Å². The predicted molar refractivity (Wildman–Crippen MR) is 75.3 cm³/mol. The van der Waals surface area contributed by atoms with E-state index < -0.39 is 0 Å². The van der Waals surface area contributed by atoms with Crippen molar-refractivity contribution in [1.82, 2.24) is 10.2 Å². The van der Waals surface area contributed by atoms with Crippen molar-refractivity contribution >= 4 is 0 Å². The lowest BCUT2D eigenvalue weighted by Gasteiger charge is -2.24. The van der Waals surface area contributed by atoms with Gasteiger partial charge in [-0.1, -0.05) is 29.8 Å². The van der Waals surface area contributed by atoms with E-state index in [0.717, 1.165) is 13.1 Å². The van der Waals surface area contributed by atoms with Gasteiger partial charge in [0.05, 0.1) is 0 Å². The molecule has 0 aliphatic carbocycles.